The number of rotatable bonds is 4. The molecule has 2 aromatic heterocycles. The second kappa shape index (κ2) is 15.5. The Morgan fingerprint density at radius 1 is 0.759 bits per heavy atom. The Balaban J connectivity index is 0.000000523. The molecule has 2 aromatic rings. The van der Waals surface area contributed by atoms with Gasteiger partial charge in [-0.05, 0) is 48.4 Å². The number of hydrogen-bond donors (Lipinski definition) is 2. The molecule has 0 aliphatic rings. The SMILES string of the molecule is CN=C([S-])N/N=C(\C)c1ccccn1.CN=C([S-])N/N=C(\C)c1ccccn1.[Fe+2]. The average molecular weight is 470 g/mol. The number of hydrazone groups is 2. The zero-order chi connectivity index (χ0) is 20.8. The second-order valence-electron chi connectivity index (χ2n) is 5.11. The summed E-state index contributed by atoms with van der Waals surface area (Å²) in [6.07, 6.45) is 3.44. The fourth-order valence-corrected chi connectivity index (χ4v) is 1.72. The molecule has 154 valence electrons. The van der Waals surface area contributed by atoms with Gasteiger partial charge < -0.3 is 25.3 Å². The van der Waals surface area contributed by atoms with Crippen molar-refractivity contribution >= 4 is 47.0 Å². The quantitative estimate of drug-likeness (QED) is 0.233. The first kappa shape index (κ1) is 26.5. The monoisotopic (exact) mass is 470 g/mol. The van der Waals surface area contributed by atoms with E-state index in [-0.39, 0.29) is 17.1 Å². The number of hydrogen-bond acceptors (Lipinski definition) is 8. The van der Waals surface area contributed by atoms with Gasteiger partial charge in [-0.1, -0.05) is 12.1 Å². The van der Waals surface area contributed by atoms with E-state index in [4.69, 9.17) is 25.3 Å². The first-order chi connectivity index (χ1) is 13.5. The van der Waals surface area contributed by atoms with Crippen molar-refractivity contribution in [1.82, 2.24) is 20.8 Å². The maximum Gasteiger partial charge on any atom is 2.00 e. The first-order valence-electron chi connectivity index (χ1n) is 8.19. The van der Waals surface area contributed by atoms with E-state index in [1.54, 1.807) is 26.5 Å². The summed E-state index contributed by atoms with van der Waals surface area (Å²) in [4.78, 5) is 15.8. The summed E-state index contributed by atoms with van der Waals surface area (Å²) in [6.45, 7) is 3.71. The molecule has 0 saturated heterocycles. The van der Waals surface area contributed by atoms with Crippen molar-refractivity contribution in [2.75, 3.05) is 14.1 Å². The summed E-state index contributed by atoms with van der Waals surface area (Å²) >= 11 is 9.64. The van der Waals surface area contributed by atoms with Gasteiger partial charge in [0, 0.05) is 26.5 Å². The molecular weight excluding hydrogens is 448 g/mol. The Labute approximate surface area is 192 Å². The van der Waals surface area contributed by atoms with Crippen LogP contribution in [0.5, 0.6) is 0 Å². The number of aromatic nitrogens is 2. The Hall–Kier alpha value is -2.46. The third kappa shape index (κ3) is 11.2. The smallest absolute Gasteiger partial charge is 0.741 e. The van der Waals surface area contributed by atoms with Crippen LogP contribution in [-0.4, -0.2) is 45.8 Å². The van der Waals surface area contributed by atoms with Gasteiger partial charge in [-0.25, -0.2) is 0 Å². The molecule has 2 rings (SSSR count). The fourth-order valence-electron chi connectivity index (χ4n) is 1.63. The summed E-state index contributed by atoms with van der Waals surface area (Å²) in [5.41, 5.74) is 8.47. The molecule has 11 heteroatoms. The largest absolute Gasteiger partial charge is 2.00 e. The standard InChI is InChI=1S/2C9H12N4S.Fe/c2*1-7(12-13-9(14)10-2)8-5-3-4-6-11-8;/h2*3-6H,1-2H3,(H2,10,13,14);/q;;+2/p-2/b2*12-7+;. The van der Waals surface area contributed by atoms with Gasteiger partial charge in [0.05, 0.1) is 22.8 Å². The van der Waals surface area contributed by atoms with Crippen molar-refractivity contribution < 1.29 is 17.1 Å². The molecule has 0 spiro atoms. The van der Waals surface area contributed by atoms with E-state index in [1.165, 1.54) is 0 Å². The first-order valence-corrected chi connectivity index (χ1v) is 9.00. The molecule has 0 amide bonds. The minimum atomic E-state index is 0. The van der Waals surface area contributed by atoms with Gasteiger partial charge in [0.1, 0.15) is 0 Å². The van der Waals surface area contributed by atoms with Crippen LogP contribution in [0.3, 0.4) is 0 Å². The molecule has 0 atom stereocenters. The van der Waals surface area contributed by atoms with Crippen LogP contribution in [0.2, 0.25) is 0 Å². The van der Waals surface area contributed by atoms with E-state index in [1.807, 2.05) is 50.2 Å². The Kier molecular flexibility index (Phi) is 14.1. The molecule has 8 nitrogen and oxygen atoms in total. The molecule has 0 aliphatic heterocycles. The molecule has 0 fully saturated rings. The summed E-state index contributed by atoms with van der Waals surface area (Å²) in [7, 11) is 3.22. The van der Waals surface area contributed by atoms with E-state index in [2.05, 4.69) is 41.0 Å². The number of pyridine rings is 2. The summed E-state index contributed by atoms with van der Waals surface area (Å²) in [6, 6.07) is 11.3. The zero-order valence-electron chi connectivity index (χ0n) is 16.5. The van der Waals surface area contributed by atoms with Crippen LogP contribution in [-0.2, 0) is 42.3 Å². The van der Waals surface area contributed by atoms with E-state index in [0.717, 1.165) is 22.8 Å². The van der Waals surface area contributed by atoms with Gasteiger partial charge in [0.25, 0.3) is 0 Å². The number of amidine groups is 2. The van der Waals surface area contributed by atoms with Crippen LogP contribution in [0.4, 0.5) is 0 Å². The fraction of sp³-hybridized carbons (Fsp3) is 0.222. The Morgan fingerprint density at radius 2 is 1.14 bits per heavy atom. The van der Waals surface area contributed by atoms with E-state index in [0.29, 0.717) is 10.3 Å². The van der Waals surface area contributed by atoms with Crippen LogP contribution >= 0.6 is 0 Å². The maximum atomic E-state index is 4.82. The molecule has 2 N–H and O–H groups in total. The summed E-state index contributed by atoms with van der Waals surface area (Å²) < 4.78 is 0. The van der Waals surface area contributed by atoms with E-state index < -0.39 is 0 Å². The topological polar surface area (TPSA) is 99.3 Å². The minimum absolute atomic E-state index is 0. The van der Waals surface area contributed by atoms with Crippen LogP contribution in [0, 0.1) is 0 Å². The van der Waals surface area contributed by atoms with Crippen LogP contribution in [0.1, 0.15) is 25.2 Å². The number of nitrogens with zero attached hydrogens (tertiary/aromatic N) is 6. The van der Waals surface area contributed by atoms with Crippen molar-refractivity contribution in [2.24, 2.45) is 20.2 Å². The predicted molar refractivity (Wildman–Crippen MR) is 121 cm³/mol. The molecule has 0 saturated carbocycles. The van der Waals surface area contributed by atoms with E-state index >= 15 is 0 Å². The molecular formula is C18H22FeN8S2. The maximum absolute atomic E-state index is 4.82. The Bertz CT molecular complexity index is 768. The summed E-state index contributed by atoms with van der Waals surface area (Å²) in [5, 5.41) is 8.79. The average Bonchev–Trinajstić information content (AvgIpc) is 2.76. The van der Waals surface area contributed by atoms with Crippen LogP contribution < -0.4 is 10.9 Å². The van der Waals surface area contributed by atoms with Gasteiger partial charge in [-0.3, -0.25) is 30.8 Å². The minimum Gasteiger partial charge on any atom is -0.741 e. The molecule has 0 radical (unpaired) electrons. The van der Waals surface area contributed by atoms with Gasteiger partial charge in [0.2, 0.25) is 0 Å². The van der Waals surface area contributed by atoms with Crippen molar-refractivity contribution in [3.8, 4) is 0 Å². The van der Waals surface area contributed by atoms with Crippen LogP contribution in [0.25, 0.3) is 0 Å². The van der Waals surface area contributed by atoms with Gasteiger partial charge >= 0.3 is 17.1 Å². The van der Waals surface area contributed by atoms with Gasteiger partial charge in [-0.2, -0.15) is 10.2 Å². The van der Waals surface area contributed by atoms with Crippen molar-refractivity contribution in [3.63, 3.8) is 0 Å². The van der Waals surface area contributed by atoms with Crippen LogP contribution in [0.15, 0.2) is 69.0 Å². The second-order valence-corrected chi connectivity index (χ2v) is 5.88. The molecule has 0 aliphatic carbocycles. The number of aliphatic imine (C=N–C) groups is 2. The van der Waals surface area contributed by atoms with Gasteiger partial charge in [-0.15, -0.1) is 0 Å². The predicted octanol–water partition coefficient (Wildman–Crippen LogP) is 1.85. The molecule has 29 heavy (non-hydrogen) atoms. The third-order valence-corrected chi connectivity index (χ3v) is 3.66. The molecule has 0 aromatic carbocycles. The van der Waals surface area contributed by atoms with Gasteiger partial charge in [0.15, 0.2) is 0 Å². The zero-order valence-corrected chi connectivity index (χ0v) is 19.2. The normalized spacial score (nSPS) is 12.3. The molecule has 0 bridgehead atoms. The van der Waals surface area contributed by atoms with E-state index in [9.17, 15) is 0 Å². The molecule has 2 heterocycles. The van der Waals surface area contributed by atoms with Crippen molar-refractivity contribution in [3.05, 3.63) is 60.2 Å². The number of nitrogens with one attached hydrogen (secondary N) is 2. The van der Waals surface area contributed by atoms with Crippen molar-refractivity contribution in [1.29, 1.82) is 0 Å². The Morgan fingerprint density at radius 3 is 1.41 bits per heavy atom. The summed E-state index contributed by atoms with van der Waals surface area (Å²) in [5.74, 6) is 0. The van der Waals surface area contributed by atoms with Crippen molar-refractivity contribution in [2.45, 2.75) is 13.8 Å². The third-order valence-electron chi connectivity index (χ3n) is 3.12. The molecule has 0 unspecified atom stereocenters.